The van der Waals surface area contributed by atoms with Gasteiger partial charge < -0.3 is 10.1 Å². The Morgan fingerprint density at radius 1 is 1.18 bits per heavy atom. The number of nitriles is 2. The van der Waals surface area contributed by atoms with Crippen LogP contribution in [0.2, 0.25) is 5.02 Å². The first kappa shape index (κ1) is 24.0. The zero-order valence-electron chi connectivity index (χ0n) is 18.0. The van der Waals surface area contributed by atoms with E-state index in [4.69, 9.17) is 16.3 Å². The minimum Gasteiger partial charge on any atom is -0.488 e. The molecule has 0 aliphatic heterocycles. The van der Waals surface area contributed by atoms with Gasteiger partial charge in [-0.2, -0.15) is 10.5 Å². The second kappa shape index (κ2) is 10.9. The minimum absolute atomic E-state index is 0.0790. The van der Waals surface area contributed by atoms with Crippen LogP contribution in [-0.4, -0.2) is 5.91 Å². The molecule has 0 unspecified atom stereocenters. The van der Waals surface area contributed by atoms with Crippen molar-refractivity contribution in [2.24, 2.45) is 0 Å². The lowest BCUT2D eigenvalue weighted by molar-refractivity contribution is -0.112. The average Bonchev–Trinajstić information content (AvgIpc) is 3.19. The number of carbonyl (C=O) groups is 1. The number of thiophene rings is 1. The SMILES string of the molecule is N#C/C(=C\c1cc(Br)ccc1OCc1ccc(Cl)cc1)C(=O)Nc1sc2c(c1C#N)CCCC2. The molecular formula is C26H19BrClN3O2S. The first-order valence-corrected chi connectivity index (χ1v) is 12.6. The fourth-order valence-corrected chi connectivity index (χ4v) is 5.49. The fraction of sp³-hybridized carbons (Fsp3) is 0.192. The molecule has 2 aromatic carbocycles. The van der Waals surface area contributed by atoms with Crippen LogP contribution in [0.15, 0.2) is 52.5 Å². The second-order valence-electron chi connectivity index (χ2n) is 7.75. The smallest absolute Gasteiger partial charge is 0.266 e. The Bertz CT molecular complexity index is 1350. The summed E-state index contributed by atoms with van der Waals surface area (Å²) in [6.07, 6.45) is 5.38. The number of anilines is 1. The number of halogens is 2. The van der Waals surface area contributed by atoms with Gasteiger partial charge >= 0.3 is 0 Å². The van der Waals surface area contributed by atoms with E-state index in [2.05, 4.69) is 27.3 Å². The largest absolute Gasteiger partial charge is 0.488 e. The molecule has 1 N–H and O–H groups in total. The number of hydrogen-bond acceptors (Lipinski definition) is 5. The van der Waals surface area contributed by atoms with E-state index in [0.29, 0.717) is 33.5 Å². The third-order valence-electron chi connectivity index (χ3n) is 5.45. The van der Waals surface area contributed by atoms with Crippen LogP contribution in [0.4, 0.5) is 5.00 Å². The van der Waals surface area contributed by atoms with Gasteiger partial charge in [0, 0.05) is 19.9 Å². The zero-order chi connectivity index (χ0) is 24.1. The van der Waals surface area contributed by atoms with Crippen LogP contribution in [-0.2, 0) is 24.2 Å². The molecule has 0 saturated heterocycles. The van der Waals surface area contributed by atoms with Crippen molar-refractivity contribution >= 4 is 55.9 Å². The molecule has 0 atom stereocenters. The van der Waals surface area contributed by atoms with Crippen molar-refractivity contribution in [1.82, 2.24) is 0 Å². The van der Waals surface area contributed by atoms with Crippen LogP contribution in [0.3, 0.4) is 0 Å². The standard InChI is InChI=1S/C26H19BrClN3O2S/c27-19-7-10-23(33-15-16-5-8-20(28)9-6-16)17(12-19)11-18(13-29)25(32)31-26-22(14-30)21-3-1-2-4-24(21)34-26/h5-12H,1-4,15H2,(H,31,32)/b18-11+. The van der Waals surface area contributed by atoms with E-state index < -0.39 is 5.91 Å². The van der Waals surface area contributed by atoms with Crippen LogP contribution in [0.1, 0.15) is 40.0 Å². The van der Waals surface area contributed by atoms with Crippen LogP contribution < -0.4 is 10.1 Å². The summed E-state index contributed by atoms with van der Waals surface area (Å²) in [5.41, 5.74) is 2.98. The van der Waals surface area contributed by atoms with E-state index in [1.54, 1.807) is 24.3 Å². The number of ether oxygens (including phenoxy) is 1. The molecule has 1 aliphatic rings. The van der Waals surface area contributed by atoms with Crippen molar-refractivity contribution in [2.45, 2.75) is 32.3 Å². The van der Waals surface area contributed by atoms with Gasteiger partial charge in [0.1, 0.15) is 35.1 Å². The molecule has 170 valence electrons. The number of benzene rings is 2. The van der Waals surface area contributed by atoms with Crippen LogP contribution in [0.25, 0.3) is 6.08 Å². The number of carbonyl (C=O) groups excluding carboxylic acids is 1. The lowest BCUT2D eigenvalue weighted by atomic mass is 9.96. The third kappa shape index (κ3) is 5.51. The predicted molar refractivity (Wildman–Crippen MR) is 138 cm³/mol. The molecule has 1 aliphatic carbocycles. The number of nitrogens with zero attached hydrogens (tertiary/aromatic N) is 2. The van der Waals surface area contributed by atoms with Gasteiger partial charge in [0.2, 0.25) is 0 Å². The van der Waals surface area contributed by atoms with Gasteiger partial charge in [0.25, 0.3) is 5.91 Å². The Labute approximate surface area is 215 Å². The normalized spacial score (nSPS) is 12.9. The summed E-state index contributed by atoms with van der Waals surface area (Å²) in [4.78, 5) is 14.1. The number of nitrogens with one attached hydrogen (secondary N) is 1. The molecule has 0 spiro atoms. The first-order chi connectivity index (χ1) is 16.5. The molecular weight excluding hydrogens is 534 g/mol. The van der Waals surface area contributed by atoms with E-state index in [-0.39, 0.29) is 5.57 Å². The number of aryl methyl sites for hydroxylation is 1. The van der Waals surface area contributed by atoms with Crippen molar-refractivity contribution in [3.8, 4) is 17.9 Å². The summed E-state index contributed by atoms with van der Waals surface area (Å²) >= 11 is 10.8. The molecule has 4 rings (SSSR count). The highest BCUT2D eigenvalue weighted by atomic mass is 79.9. The van der Waals surface area contributed by atoms with Crippen LogP contribution >= 0.6 is 38.9 Å². The maximum absolute atomic E-state index is 13.0. The second-order valence-corrected chi connectivity index (χ2v) is 10.2. The quantitative estimate of drug-likeness (QED) is 0.262. The molecule has 3 aromatic rings. The van der Waals surface area contributed by atoms with Gasteiger partial charge in [-0.05, 0) is 73.2 Å². The number of hydrogen-bond donors (Lipinski definition) is 1. The first-order valence-electron chi connectivity index (χ1n) is 10.6. The summed E-state index contributed by atoms with van der Waals surface area (Å²) in [5, 5.41) is 23.3. The Balaban J connectivity index is 1.57. The monoisotopic (exact) mass is 551 g/mol. The number of fused-ring (bicyclic) bond motifs is 1. The zero-order valence-corrected chi connectivity index (χ0v) is 21.2. The molecule has 8 heteroatoms. The van der Waals surface area contributed by atoms with E-state index in [1.807, 2.05) is 24.3 Å². The summed E-state index contributed by atoms with van der Waals surface area (Å²) in [7, 11) is 0. The van der Waals surface area contributed by atoms with Crippen LogP contribution in [0.5, 0.6) is 5.75 Å². The lowest BCUT2D eigenvalue weighted by Crippen LogP contribution is -2.13. The Hall–Kier alpha value is -3.10. The molecule has 0 bridgehead atoms. The van der Waals surface area contributed by atoms with Gasteiger partial charge in [-0.25, -0.2) is 0 Å². The van der Waals surface area contributed by atoms with Crippen molar-refractivity contribution in [3.05, 3.63) is 84.7 Å². The number of rotatable bonds is 6. The van der Waals surface area contributed by atoms with Gasteiger partial charge in [0.05, 0.1) is 5.56 Å². The number of amides is 1. The highest BCUT2D eigenvalue weighted by molar-refractivity contribution is 9.10. The van der Waals surface area contributed by atoms with Crippen molar-refractivity contribution in [1.29, 1.82) is 10.5 Å². The van der Waals surface area contributed by atoms with Gasteiger partial charge in [-0.3, -0.25) is 4.79 Å². The highest BCUT2D eigenvalue weighted by Gasteiger charge is 2.23. The summed E-state index contributed by atoms with van der Waals surface area (Å²) in [5.74, 6) is -0.0239. The van der Waals surface area contributed by atoms with Gasteiger partial charge in [-0.1, -0.05) is 39.7 Å². The topological polar surface area (TPSA) is 85.9 Å². The van der Waals surface area contributed by atoms with E-state index in [0.717, 1.165) is 46.2 Å². The maximum Gasteiger partial charge on any atom is 0.266 e. The molecule has 5 nitrogen and oxygen atoms in total. The predicted octanol–water partition coefficient (Wildman–Crippen LogP) is 7.04. The summed E-state index contributed by atoms with van der Waals surface area (Å²) in [6, 6.07) is 16.9. The lowest BCUT2D eigenvalue weighted by Gasteiger charge is -2.11. The maximum atomic E-state index is 13.0. The molecule has 0 saturated carbocycles. The summed E-state index contributed by atoms with van der Waals surface area (Å²) < 4.78 is 6.75. The van der Waals surface area contributed by atoms with Crippen molar-refractivity contribution in [3.63, 3.8) is 0 Å². The van der Waals surface area contributed by atoms with Crippen molar-refractivity contribution in [2.75, 3.05) is 5.32 Å². The minimum atomic E-state index is -0.554. The molecule has 0 radical (unpaired) electrons. The Morgan fingerprint density at radius 2 is 1.94 bits per heavy atom. The Kier molecular flexibility index (Phi) is 7.70. The van der Waals surface area contributed by atoms with E-state index in [9.17, 15) is 15.3 Å². The average molecular weight is 553 g/mol. The van der Waals surface area contributed by atoms with E-state index in [1.165, 1.54) is 17.4 Å². The molecule has 1 aromatic heterocycles. The molecule has 34 heavy (non-hydrogen) atoms. The molecule has 1 amide bonds. The van der Waals surface area contributed by atoms with Crippen molar-refractivity contribution < 1.29 is 9.53 Å². The Morgan fingerprint density at radius 3 is 2.68 bits per heavy atom. The molecule has 1 heterocycles. The third-order valence-corrected chi connectivity index (χ3v) is 7.41. The highest BCUT2D eigenvalue weighted by Crippen LogP contribution is 2.38. The van der Waals surface area contributed by atoms with Crippen LogP contribution in [0, 0.1) is 22.7 Å². The fourth-order valence-electron chi connectivity index (χ4n) is 3.75. The molecule has 0 fully saturated rings. The van der Waals surface area contributed by atoms with Gasteiger partial charge in [0.15, 0.2) is 0 Å². The summed E-state index contributed by atoms with van der Waals surface area (Å²) in [6.45, 7) is 0.306. The van der Waals surface area contributed by atoms with E-state index >= 15 is 0 Å². The van der Waals surface area contributed by atoms with Gasteiger partial charge in [-0.15, -0.1) is 11.3 Å².